The first kappa shape index (κ1) is 18.3. The van der Waals surface area contributed by atoms with Crippen LogP contribution < -0.4 is 5.69 Å². The molecule has 0 bridgehead atoms. The molecule has 0 saturated carbocycles. The first-order valence-electron chi connectivity index (χ1n) is 7.55. The number of aromatic nitrogens is 3. The highest BCUT2D eigenvalue weighted by Gasteiger charge is 2.12. The molecular formula is C18H12Cl2N4OS. The summed E-state index contributed by atoms with van der Waals surface area (Å²) in [5.74, 6) is 0. The third kappa shape index (κ3) is 3.70. The predicted octanol–water partition coefficient (Wildman–Crippen LogP) is 4.37. The van der Waals surface area contributed by atoms with Crippen molar-refractivity contribution in [2.24, 2.45) is 0 Å². The zero-order valence-corrected chi connectivity index (χ0v) is 15.9. The molecule has 0 fully saturated rings. The quantitative estimate of drug-likeness (QED) is 0.660. The molecule has 130 valence electrons. The SMILES string of the molecule is Cc1cc(-n2ncc(=S)[nH]c2=O)cc(Cl)c1Cc1ccc(C#N)cc1Cl. The number of H-pyrrole nitrogens is 1. The van der Waals surface area contributed by atoms with Crippen molar-refractivity contribution in [3.8, 4) is 11.8 Å². The molecule has 2 aromatic carbocycles. The lowest BCUT2D eigenvalue weighted by Gasteiger charge is -2.13. The monoisotopic (exact) mass is 402 g/mol. The number of nitrogens with one attached hydrogen (secondary N) is 1. The minimum atomic E-state index is -0.434. The molecule has 0 aliphatic carbocycles. The van der Waals surface area contributed by atoms with Crippen molar-refractivity contribution in [3.05, 3.63) is 84.0 Å². The predicted molar refractivity (Wildman–Crippen MR) is 104 cm³/mol. The lowest BCUT2D eigenvalue weighted by Crippen LogP contribution is -2.23. The smallest absolute Gasteiger partial charge is 0.295 e. The lowest BCUT2D eigenvalue weighted by atomic mass is 9.99. The van der Waals surface area contributed by atoms with Crippen molar-refractivity contribution >= 4 is 35.4 Å². The van der Waals surface area contributed by atoms with Gasteiger partial charge in [0.2, 0.25) is 0 Å². The van der Waals surface area contributed by atoms with Crippen molar-refractivity contribution < 1.29 is 0 Å². The van der Waals surface area contributed by atoms with Crippen LogP contribution in [0.2, 0.25) is 10.0 Å². The number of hydrogen-bond acceptors (Lipinski definition) is 4. The van der Waals surface area contributed by atoms with Crippen molar-refractivity contribution in [2.45, 2.75) is 13.3 Å². The summed E-state index contributed by atoms with van der Waals surface area (Å²) in [6, 6.07) is 10.7. The van der Waals surface area contributed by atoms with E-state index in [1.54, 1.807) is 18.2 Å². The van der Waals surface area contributed by atoms with Gasteiger partial charge in [-0.05, 0) is 47.9 Å². The molecule has 0 saturated heterocycles. The molecule has 0 aliphatic rings. The molecule has 0 unspecified atom stereocenters. The lowest BCUT2D eigenvalue weighted by molar-refractivity contribution is 0.756. The summed E-state index contributed by atoms with van der Waals surface area (Å²) in [7, 11) is 0. The highest BCUT2D eigenvalue weighted by Crippen LogP contribution is 2.28. The van der Waals surface area contributed by atoms with Gasteiger partial charge in [-0.3, -0.25) is 4.98 Å². The summed E-state index contributed by atoms with van der Waals surface area (Å²) < 4.78 is 1.47. The average Bonchev–Trinajstić information content (AvgIpc) is 2.59. The van der Waals surface area contributed by atoms with E-state index in [1.165, 1.54) is 10.9 Å². The Hall–Kier alpha value is -2.46. The number of aromatic amines is 1. The van der Waals surface area contributed by atoms with E-state index in [9.17, 15) is 4.79 Å². The summed E-state index contributed by atoms with van der Waals surface area (Å²) >= 11 is 17.6. The topological polar surface area (TPSA) is 74.5 Å². The number of hydrogen-bond donors (Lipinski definition) is 1. The summed E-state index contributed by atoms with van der Waals surface area (Å²) in [6.45, 7) is 1.90. The van der Waals surface area contributed by atoms with E-state index in [1.807, 2.05) is 19.1 Å². The number of aryl methyl sites for hydroxylation is 1. The molecule has 8 heteroatoms. The van der Waals surface area contributed by atoms with Crippen LogP contribution in [0.1, 0.15) is 22.3 Å². The van der Waals surface area contributed by atoms with Gasteiger partial charge in [0.1, 0.15) is 4.64 Å². The molecule has 3 aromatic rings. The Morgan fingerprint density at radius 1 is 1.27 bits per heavy atom. The summed E-state index contributed by atoms with van der Waals surface area (Å²) in [6.07, 6.45) is 1.90. The second kappa shape index (κ2) is 7.42. The standard InChI is InChI=1S/C18H12Cl2N4OS/c1-10-4-13(24-18(25)23-17(26)9-22-24)7-16(20)14(10)6-12-3-2-11(8-21)5-15(12)19/h2-5,7,9H,6H2,1H3,(H,23,25,26). The fourth-order valence-corrected chi connectivity index (χ4v) is 3.30. The fraction of sp³-hybridized carbons (Fsp3) is 0.111. The number of nitrogens with zero attached hydrogens (tertiary/aromatic N) is 3. The molecule has 0 spiro atoms. The molecule has 0 atom stereocenters. The van der Waals surface area contributed by atoms with E-state index in [2.05, 4.69) is 16.2 Å². The van der Waals surface area contributed by atoms with Gasteiger partial charge in [-0.15, -0.1) is 0 Å². The molecular weight excluding hydrogens is 391 g/mol. The molecule has 3 rings (SSSR count). The van der Waals surface area contributed by atoms with Gasteiger partial charge in [-0.1, -0.05) is 41.5 Å². The molecule has 26 heavy (non-hydrogen) atoms. The van der Waals surface area contributed by atoms with Gasteiger partial charge in [0.25, 0.3) is 0 Å². The Kier molecular flexibility index (Phi) is 5.23. The number of halogens is 2. The second-order valence-corrected chi connectivity index (χ2v) is 6.92. The molecule has 0 amide bonds. The van der Waals surface area contributed by atoms with E-state index in [0.29, 0.717) is 27.7 Å². The van der Waals surface area contributed by atoms with Crippen LogP contribution in [-0.4, -0.2) is 14.8 Å². The maximum absolute atomic E-state index is 12.0. The van der Waals surface area contributed by atoms with Gasteiger partial charge >= 0.3 is 5.69 Å². The molecule has 1 aromatic heterocycles. The summed E-state index contributed by atoms with van der Waals surface area (Å²) in [5, 5.41) is 14.0. The molecule has 1 N–H and O–H groups in total. The molecule has 1 heterocycles. The zero-order chi connectivity index (χ0) is 18.8. The summed E-state index contributed by atoms with van der Waals surface area (Å²) in [4.78, 5) is 14.6. The van der Waals surface area contributed by atoms with Crippen LogP contribution in [0.5, 0.6) is 0 Å². The number of rotatable bonds is 3. The van der Waals surface area contributed by atoms with Crippen LogP contribution in [0.15, 0.2) is 41.3 Å². The highest BCUT2D eigenvalue weighted by molar-refractivity contribution is 7.71. The van der Waals surface area contributed by atoms with Crippen LogP contribution in [0.3, 0.4) is 0 Å². The van der Waals surface area contributed by atoms with E-state index in [0.717, 1.165) is 16.7 Å². The van der Waals surface area contributed by atoms with Gasteiger partial charge in [-0.25, -0.2) is 4.79 Å². The van der Waals surface area contributed by atoms with Gasteiger partial charge in [-0.2, -0.15) is 15.0 Å². The van der Waals surface area contributed by atoms with Gasteiger partial charge in [0, 0.05) is 16.5 Å². The van der Waals surface area contributed by atoms with Gasteiger partial charge in [0.05, 0.1) is 23.5 Å². The first-order chi connectivity index (χ1) is 12.4. The van der Waals surface area contributed by atoms with Crippen LogP contribution in [0.4, 0.5) is 0 Å². The fourth-order valence-electron chi connectivity index (χ4n) is 2.59. The minimum Gasteiger partial charge on any atom is -0.295 e. The highest BCUT2D eigenvalue weighted by atomic mass is 35.5. The Labute approximate surface area is 164 Å². The summed E-state index contributed by atoms with van der Waals surface area (Å²) in [5.41, 5.74) is 3.25. The zero-order valence-electron chi connectivity index (χ0n) is 13.6. The molecule has 0 radical (unpaired) electrons. The first-order valence-corrected chi connectivity index (χ1v) is 8.72. The van der Waals surface area contributed by atoms with Gasteiger partial charge < -0.3 is 0 Å². The Bertz CT molecular complexity index is 1140. The molecule has 5 nitrogen and oxygen atoms in total. The van der Waals surface area contributed by atoms with E-state index in [4.69, 9.17) is 40.7 Å². The number of nitriles is 1. The molecule has 0 aliphatic heterocycles. The van der Waals surface area contributed by atoms with Crippen LogP contribution in [-0.2, 0) is 6.42 Å². The Morgan fingerprint density at radius 2 is 2.04 bits per heavy atom. The number of benzene rings is 2. The Balaban J connectivity index is 2.02. The van der Waals surface area contributed by atoms with Crippen LogP contribution >= 0.6 is 35.4 Å². The van der Waals surface area contributed by atoms with Crippen LogP contribution in [0, 0.1) is 22.9 Å². The van der Waals surface area contributed by atoms with Crippen LogP contribution in [0.25, 0.3) is 5.69 Å². The normalized spacial score (nSPS) is 10.5. The van der Waals surface area contributed by atoms with Crippen molar-refractivity contribution in [3.63, 3.8) is 0 Å². The third-order valence-corrected chi connectivity index (χ3v) is 4.81. The van der Waals surface area contributed by atoms with Gasteiger partial charge in [0.15, 0.2) is 0 Å². The van der Waals surface area contributed by atoms with Crippen molar-refractivity contribution in [2.75, 3.05) is 0 Å². The van der Waals surface area contributed by atoms with Crippen molar-refractivity contribution in [1.29, 1.82) is 5.26 Å². The van der Waals surface area contributed by atoms with E-state index < -0.39 is 5.69 Å². The third-order valence-electron chi connectivity index (χ3n) is 3.91. The van der Waals surface area contributed by atoms with E-state index >= 15 is 0 Å². The maximum atomic E-state index is 12.0. The average molecular weight is 403 g/mol. The maximum Gasteiger partial charge on any atom is 0.347 e. The minimum absolute atomic E-state index is 0.265. The largest absolute Gasteiger partial charge is 0.347 e. The Morgan fingerprint density at radius 3 is 2.65 bits per heavy atom. The van der Waals surface area contributed by atoms with E-state index in [-0.39, 0.29) is 4.64 Å². The van der Waals surface area contributed by atoms with Crippen molar-refractivity contribution in [1.82, 2.24) is 14.8 Å². The second-order valence-electron chi connectivity index (χ2n) is 5.67.